The number of H-pyrrole nitrogens is 1. The van der Waals surface area contributed by atoms with Gasteiger partial charge in [0.15, 0.2) is 6.61 Å². The Kier molecular flexibility index (Phi) is 3.79. The smallest absolute Gasteiger partial charge is 0.264 e. The molecule has 2 rings (SSSR count). The van der Waals surface area contributed by atoms with Gasteiger partial charge in [-0.2, -0.15) is 10.1 Å². The Labute approximate surface area is 111 Å². The van der Waals surface area contributed by atoms with Crippen LogP contribution in [0.25, 0.3) is 0 Å². The quantitative estimate of drug-likeness (QED) is 0.877. The molecule has 0 bridgehead atoms. The number of aromatic amines is 1. The van der Waals surface area contributed by atoms with Crippen molar-refractivity contribution in [3.63, 3.8) is 0 Å². The van der Waals surface area contributed by atoms with Crippen molar-refractivity contribution in [3.8, 4) is 5.75 Å². The van der Waals surface area contributed by atoms with E-state index < -0.39 is 0 Å². The van der Waals surface area contributed by atoms with E-state index in [1.165, 1.54) is 6.33 Å². The lowest BCUT2D eigenvalue weighted by molar-refractivity contribution is -0.118. The average Bonchev–Trinajstić information content (AvgIpc) is 2.84. The lowest BCUT2D eigenvalue weighted by Gasteiger charge is -2.11. The van der Waals surface area contributed by atoms with Gasteiger partial charge < -0.3 is 4.74 Å². The number of aryl methyl sites for hydroxylation is 2. The van der Waals surface area contributed by atoms with Gasteiger partial charge in [0.05, 0.1) is 0 Å². The highest BCUT2D eigenvalue weighted by molar-refractivity contribution is 5.90. The summed E-state index contributed by atoms with van der Waals surface area (Å²) in [4.78, 5) is 15.4. The molecule has 0 saturated carbocycles. The zero-order valence-corrected chi connectivity index (χ0v) is 11.2. The number of aromatic nitrogens is 3. The largest absolute Gasteiger partial charge is 0.483 e. The van der Waals surface area contributed by atoms with Gasteiger partial charge in [0, 0.05) is 0 Å². The summed E-state index contributed by atoms with van der Waals surface area (Å²) in [6.07, 6.45) is 1.32. The fourth-order valence-electron chi connectivity index (χ4n) is 1.73. The molecule has 6 heteroatoms. The van der Waals surface area contributed by atoms with Crippen molar-refractivity contribution in [2.24, 2.45) is 0 Å². The Balaban J connectivity index is 1.97. The highest BCUT2D eigenvalue weighted by Gasteiger charge is 2.08. The molecule has 0 spiro atoms. The zero-order valence-electron chi connectivity index (χ0n) is 11.2. The van der Waals surface area contributed by atoms with Crippen LogP contribution in [0.15, 0.2) is 18.5 Å². The summed E-state index contributed by atoms with van der Waals surface area (Å²) in [6, 6.07) is 4.00. The SMILES string of the molecule is Cc1cc(C)c(C)c(OCC(=O)Nc2ncn[nH]2)c1. The molecule has 0 aliphatic carbocycles. The molecule has 6 nitrogen and oxygen atoms in total. The van der Waals surface area contributed by atoms with Crippen LogP contribution in [0.4, 0.5) is 5.95 Å². The predicted molar refractivity (Wildman–Crippen MR) is 71.2 cm³/mol. The van der Waals surface area contributed by atoms with Gasteiger partial charge in [0.2, 0.25) is 5.95 Å². The number of nitrogens with one attached hydrogen (secondary N) is 2. The molecule has 0 unspecified atom stereocenters. The van der Waals surface area contributed by atoms with Crippen LogP contribution in [0, 0.1) is 20.8 Å². The first-order valence-corrected chi connectivity index (χ1v) is 5.92. The van der Waals surface area contributed by atoms with Crippen LogP contribution in [-0.2, 0) is 4.79 Å². The second-order valence-corrected chi connectivity index (χ2v) is 4.38. The summed E-state index contributed by atoms with van der Waals surface area (Å²) in [5.74, 6) is 0.756. The van der Waals surface area contributed by atoms with E-state index in [1.54, 1.807) is 0 Å². The molecule has 0 saturated heterocycles. The first-order chi connectivity index (χ1) is 9.06. The van der Waals surface area contributed by atoms with E-state index in [4.69, 9.17) is 4.74 Å². The van der Waals surface area contributed by atoms with Crippen LogP contribution in [-0.4, -0.2) is 27.7 Å². The predicted octanol–water partition coefficient (Wildman–Crippen LogP) is 1.75. The summed E-state index contributed by atoms with van der Waals surface area (Å²) in [5.41, 5.74) is 3.29. The minimum Gasteiger partial charge on any atom is -0.483 e. The normalized spacial score (nSPS) is 10.3. The van der Waals surface area contributed by atoms with Gasteiger partial charge in [-0.1, -0.05) is 6.07 Å². The van der Waals surface area contributed by atoms with E-state index in [9.17, 15) is 4.79 Å². The van der Waals surface area contributed by atoms with Crippen molar-refractivity contribution in [1.29, 1.82) is 0 Å². The zero-order chi connectivity index (χ0) is 13.8. The Morgan fingerprint density at radius 2 is 2.16 bits per heavy atom. The minimum absolute atomic E-state index is 0.0650. The van der Waals surface area contributed by atoms with Crippen LogP contribution in [0.2, 0.25) is 0 Å². The van der Waals surface area contributed by atoms with Crippen LogP contribution in [0.5, 0.6) is 5.75 Å². The molecular weight excluding hydrogens is 244 g/mol. The second-order valence-electron chi connectivity index (χ2n) is 4.38. The number of hydrogen-bond acceptors (Lipinski definition) is 4. The fraction of sp³-hybridized carbons (Fsp3) is 0.308. The van der Waals surface area contributed by atoms with E-state index in [0.29, 0.717) is 5.95 Å². The molecule has 1 aromatic heterocycles. The Hall–Kier alpha value is -2.37. The topological polar surface area (TPSA) is 79.9 Å². The first-order valence-electron chi connectivity index (χ1n) is 5.92. The van der Waals surface area contributed by atoms with Crippen molar-refractivity contribution < 1.29 is 9.53 Å². The number of nitrogens with zero attached hydrogens (tertiary/aromatic N) is 2. The number of anilines is 1. The van der Waals surface area contributed by atoms with Crippen molar-refractivity contribution in [2.45, 2.75) is 20.8 Å². The third-order valence-electron chi connectivity index (χ3n) is 2.80. The first kappa shape index (κ1) is 13.1. The summed E-state index contributed by atoms with van der Waals surface area (Å²) in [6.45, 7) is 5.92. The van der Waals surface area contributed by atoms with Gasteiger partial charge in [-0.15, -0.1) is 0 Å². The molecule has 0 radical (unpaired) electrons. The summed E-state index contributed by atoms with van der Waals surface area (Å²) in [5, 5.41) is 8.73. The third kappa shape index (κ3) is 3.31. The Morgan fingerprint density at radius 1 is 1.37 bits per heavy atom. The lowest BCUT2D eigenvalue weighted by Crippen LogP contribution is -2.21. The van der Waals surface area contributed by atoms with Crippen molar-refractivity contribution in [2.75, 3.05) is 11.9 Å². The number of rotatable bonds is 4. The average molecular weight is 260 g/mol. The monoisotopic (exact) mass is 260 g/mol. The van der Waals surface area contributed by atoms with Crippen LogP contribution in [0.1, 0.15) is 16.7 Å². The number of carbonyl (C=O) groups is 1. The third-order valence-corrected chi connectivity index (χ3v) is 2.80. The maximum absolute atomic E-state index is 11.6. The van der Waals surface area contributed by atoms with Gasteiger partial charge in [-0.05, 0) is 43.5 Å². The van der Waals surface area contributed by atoms with E-state index in [1.807, 2.05) is 26.8 Å². The van der Waals surface area contributed by atoms with Crippen molar-refractivity contribution in [3.05, 3.63) is 35.2 Å². The molecule has 1 heterocycles. The molecule has 1 amide bonds. The van der Waals surface area contributed by atoms with Crippen molar-refractivity contribution in [1.82, 2.24) is 15.2 Å². The number of benzene rings is 1. The van der Waals surface area contributed by atoms with Gasteiger partial charge >= 0.3 is 0 Å². The van der Waals surface area contributed by atoms with Gasteiger partial charge in [-0.3, -0.25) is 10.1 Å². The molecule has 0 aliphatic rings. The maximum Gasteiger partial charge on any atom is 0.264 e. The van der Waals surface area contributed by atoms with Crippen LogP contribution < -0.4 is 10.1 Å². The van der Waals surface area contributed by atoms with Gasteiger partial charge in [-0.25, -0.2) is 5.10 Å². The molecule has 1 aromatic carbocycles. The van der Waals surface area contributed by atoms with Gasteiger partial charge in [0.25, 0.3) is 5.91 Å². The Morgan fingerprint density at radius 3 is 2.84 bits per heavy atom. The molecular formula is C13H16N4O2. The van der Waals surface area contributed by atoms with E-state index in [2.05, 4.69) is 26.6 Å². The fourth-order valence-corrected chi connectivity index (χ4v) is 1.73. The minimum atomic E-state index is -0.282. The number of amides is 1. The number of hydrogen-bond donors (Lipinski definition) is 2. The summed E-state index contributed by atoms with van der Waals surface area (Å²) < 4.78 is 5.53. The molecule has 100 valence electrons. The van der Waals surface area contributed by atoms with Crippen molar-refractivity contribution >= 4 is 11.9 Å². The maximum atomic E-state index is 11.6. The van der Waals surface area contributed by atoms with Gasteiger partial charge in [0.1, 0.15) is 12.1 Å². The highest BCUT2D eigenvalue weighted by atomic mass is 16.5. The van der Waals surface area contributed by atoms with Crippen LogP contribution >= 0.6 is 0 Å². The van der Waals surface area contributed by atoms with E-state index in [-0.39, 0.29) is 12.5 Å². The molecule has 0 fully saturated rings. The lowest BCUT2D eigenvalue weighted by atomic mass is 10.1. The van der Waals surface area contributed by atoms with Crippen LogP contribution in [0.3, 0.4) is 0 Å². The van der Waals surface area contributed by atoms with E-state index >= 15 is 0 Å². The molecule has 0 aliphatic heterocycles. The molecule has 19 heavy (non-hydrogen) atoms. The molecule has 0 atom stereocenters. The Bertz CT molecular complexity index is 579. The summed E-state index contributed by atoms with van der Waals surface area (Å²) >= 11 is 0. The standard InChI is InChI=1S/C13H16N4O2/c1-8-4-9(2)10(3)11(5-8)19-6-12(18)16-13-14-7-15-17-13/h4-5,7H,6H2,1-3H3,(H2,14,15,16,17,18). The number of ether oxygens (including phenoxy) is 1. The summed E-state index contributed by atoms with van der Waals surface area (Å²) in [7, 11) is 0. The number of carbonyl (C=O) groups excluding carboxylic acids is 1. The molecule has 2 aromatic rings. The highest BCUT2D eigenvalue weighted by Crippen LogP contribution is 2.23. The second kappa shape index (κ2) is 5.51. The van der Waals surface area contributed by atoms with E-state index in [0.717, 1.165) is 22.4 Å². The molecule has 2 N–H and O–H groups in total.